The Kier molecular flexibility index (Phi) is 5.34. The number of anilines is 1. The van der Waals surface area contributed by atoms with E-state index in [1.54, 1.807) is 26.0 Å². The normalized spacial score (nSPS) is 10.6. The monoisotopic (exact) mass is 399 g/mol. The first-order valence-electron chi connectivity index (χ1n) is 8.42. The van der Waals surface area contributed by atoms with Crippen LogP contribution in [0, 0.1) is 24.0 Å². The van der Waals surface area contributed by atoms with Crippen molar-refractivity contribution in [2.75, 3.05) is 18.9 Å². The molecule has 3 rings (SSSR count). The fraction of sp³-hybridized carbons (Fsp3) is 0.235. The lowest BCUT2D eigenvalue weighted by Gasteiger charge is -2.15. The van der Waals surface area contributed by atoms with Crippen molar-refractivity contribution in [1.82, 2.24) is 25.1 Å². The van der Waals surface area contributed by atoms with Crippen LogP contribution in [0.25, 0.3) is 5.69 Å². The number of non-ortho nitro benzene ring substituents is 1. The second kappa shape index (κ2) is 7.88. The summed E-state index contributed by atoms with van der Waals surface area (Å²) in [6, 6.07) is 7.35. The van der Waals surface area contributed by atoms with Gasteiger partial charge in [0.2, 0.25) is 5.91 Å². The van der Waals surface area contributed by atoms with Crippen LogP contribution in [-0.4, -0.2) is 55.4 Å². The van der Waals surface area contributed by atoms with Gasteiger partial charge in [-0.2, -0.15) is 0 Å². The molecule has 29 heavy (non-hydrogen) atoms. The smallest absolute Gasteiger partial charge is 0.276 e. The Morgan fingerprint density at radius 1 is 1.31 bits per heavy atom. The minimum absolute atomic E-state index is 0.0316. The van der Waals surface area contributed by atoms with Gasteiger partial charge in [-0.3, -0.25) is 19.7 Å². The highest BCUT2D eigenvalue weighted by molar-refractivity contribution is 5.98. The minimum Gasteiger partial charge on any atom is -0.360 e. The van der Waals surface area contributed by atoms with Crippen LogP contribution in [-0.2, 0) is 4.79 Å². The molecule has 2 amide bonds. The van der Waals surface area contributed by atoms with Crippen molar-refractivity contribution in [2.24, 2.45) is 0 Å². The molecule has 0 bridgehead atoms. The van der Waals surface area contributed by atoms with Gasteiger partial charge in [0, 0.05) is 25.2 Å². The topological polar surface area (TPSA) is 149 Å². The highest BCUT2D eigenvalue weighted by Crippen LogP contribution is 2.19. The van der Waals surface area contributed by atoms with E-state index in [1.807, 2.05) is 0 Å². The molecule has 2 heterocycles. The van der Waals surface area contributed by atoms with Crippen molar-refractivity contribution in [3.8, 4) is 5.69 Å². The van der Waals surface area contributed by atoms with E-state index in [0.29, 0.717) is 17.1 Å². The standard InChI is InChI=1S/C17H17N7O5/c1-10-7-14(20-29-10)18-15(25)9-22(3)17(26)16-11(2)23(21-19-16)12-5-4-6-13(8-12)24(27)28/h4-8H,9H2,1-3H3,(H,18,20,25). The van der Waals surface area contributed by atoms with Crippen LogP contribution < -0.4 is 5.32 Å². The number of rotatable bonds is 6. The Labute approximate surface area is 164 Å². The number of nitro groups is 1. The Bertz CT molecular complexity index is 1090. The summed E-state index contributed by atoms with van der Waals surface area (Å²) in [5, 5.41) is 24.9. The summed E-state index contributed by atoms with van der Waals surface area (Å²) in [7, 11) is 1.45. The highest BCUT2D eigenvalue weighted by Gasteiger charge is 2.23. The molecule has 0 spiro atoms. The molecule has 0 fully saturated rings. The lowest BCUT2D eigenvalue weighted by atomic mass is 10.2. The van der Waals surface area contributed by atoms with E-state index in [4.69, 9.17) is 4.52 Å². The first-order valence-corrected chi connectivity index (χ1v) is 8.42. The average Bonchev–Trinajstić information content (AvgIpc) is 3.26. The summed E-state index contributed by atoms with van der Waals surface area (Å²) in [4.78, 5) is 36.4. The SMILES string of the molecule is Cc1cc(NC(=O)CN(C)C(=O)c2nnn(-c3cccc([N+](=O)[O-])c3)c2C)no1. The van der Waals surface area contributed by atoms with Crippen LogP contribution in [0.1, 0.15) is 21.9 Å². The summed E-state index contributed by atoms with van der Waals surface area (Å²) < 4.78 is 6.19. The molecular formula is C17H17N7O5. The van der Waals surface area contributed by atoms with E-state index >= 15 is 0 Å². The van der Waals surface area contributed by atoms with Gasteiger partial charge in [-0.25, -0.2) is 4.68 Å². The fourth-order valence-electron chi connectivity index (χ4n) is 2.59. The van der Waals surface area contributed by atoms with Gasteiger partial charge in [0.25, 0.3) is 11.6 Å². The molecular weight excluding hydrogens is 382 g/mol. The number of carbonyl (C=O) groups is 2. The number of carbonyl (C=O) groups excluding carboxylic acids is 2. The third kappa shape index (κ3) is 4.26. The summed E-state index contributed by atoms with van der Waals surface area (Å²) >= 11 is 0. The zero-order valence-corrected chi connectivity index (χ0v) is 15.8. The van der Waals surface area contributed by atoms with Gasteiger partial charge in [-0.15, -0.1) is 5.10 Å². The lowest BCUT2D eigenvalue weighted by Crippen LogP contribution is -2.35. The Morgan fingerprint density at radius 3 is 2.72 bits per heavy atom. The Morgan fingerprint density at radius 2 is 2.07 bits per heavy atom. The number of aryl methyl sites for hydroxylation is 1. The van der Waals surface area contributed by atoms with Crippen molar-refractivity contribution in [2.45, 2.75) is 13.8 Å². The number of hydrogen-bond donors (Lipinski definition) is 1. The largest absolute Gasteiger partial charge is 0.360 e. The quantitative estimate of drug-likeness (QED) is 0.484. The van der Waals surface area contributed by atoms with Crippen LogP contribution in [0.3, 0.4) is 0 Å². The van der Waals surface area contributed by atoms with Gasteiger partial charge in [-0.1, -0.05) is 16.4 Å². The van der Waals surface area contributed by atoms with E-state index in [9.17, 15) is 19.7 Å². The van der Waals surface area contributed by atoms with Crippen LogP contribution >= 0.6 is 0 Å². The number of amides is 2. The number of likely N-dealkylation sites (N-methyl/N-ethyl adjacent to an activating group) is 1. The Hall–Kier alpha value is -4.09. The molecule has 0 aliphatic carbocycles. The van der Waals surface area contributed by atoms with Crippen molar-refractivity contribution >= 4 is 23.3 Å². The van der Waals surface area contributed by atoms with Gasteiger partial charge in [0.05, 0.1) is 22.8 Å². The molecule has 0 saturated heterocycles. The number of benzene rings is 1. The average molecular weight is 399 g/mol. The first kappa shape index (κ1) is 19.7. The number of nitrogens with one attached hydrogen (secondary N) is 1. The van der Waals surface area contributed by atoms with Crippen LogP contribution in [0.4, 0.5) is 11.5 Å². The van der Waals surface area contributed by atoms with Crippen molar-refractivity contribution < 1.29 is 19.0 Å². The Balaban J connectivity index is 1.73. The van der Waals surface area contributed by atoms with E-state index < -0.39 is 16.7 Å². The molecule has 1 aromatic carbocycles. The highest BCUT2D eigenvalue weighted by atomic mass is 16.6. The number of nitrogens with zero attached hydrogens (tertiary/aromatic N) is 6. The second-order valence-electron chi connectivity index (χ2n) is 6.24. The summed E-state index contributed by atoms with van der Waals surface area (Å²) in [6.45, 7) is 3.05. The molecule has 1 N–H and O–H groups in total. The van der Waals surface area contributed by atoms with Gasteiger partial charge >= 0.3 is 0 Å². The molecule has 3 aromatic rings. The number of aromatic nitrogens is 4. The van der Waals surface area contributed by atoms with Gasteiger partial charge < -0.3 is 14.7 Å². The maximum Gasteiger partial charge on any atom is 0.276 e. The predicted octanol–water partition coefficient (Wildman–Crippen LogP) is 1.49. The maximum absolute atomic E-state index is 12.7. The molecule has 12 nitrogen and oxygen atoms in total. The molecule has 0 aliphatic heterocycles. The molecule has 2 aromatic heterocycles. The molecule has 0 aliphatic rings. The zero-order valence-electron chi connectivity index (χ0n) is 15.8. The summed E-state index contributed by atoms with van der Waals surface area (Å²) in [6.07, 6.45) is 0. The maximum atomic E-state index is 12.7. The predicted molar refractivity (Wildman–Crippen MR) is 99.6 cm³/mol. The minimum atomic E-state index is -0.523. The fourth-order valence-corrected chi connectivity index (χ4v) is 2.59. The third-order valence-corrected chi connectivity index (χ3v) is 4.01. The van der Waals surface area contributed by atoms with Crippen molar-refractivity contribution in [3.63, 3.8) is 0 Å². The molecule has 0 saturated carbocycles. The van der Waals surface area contributed by atoms with Crippen LogP contribution in [0.2, 0.25) is 0 Å². The molecule has 0 radical (unpaired) electrons. The lowest BCUT2D eigenvalue weighted by molar-refractivity contribution is -0.384. The number of nitro benzene ring substituents is 1. The molecule has 150 valence electrons. The summed E-state index contributed by atoms with van der Waals surface area (Å²) in [5.41, 5.74) is 0.700. The zero-order chi connectivity index (χ0) is 21.1. The molecule has 12 heteroatoms. The van der Waals surface area contributed by atoms with E-state index in [2.05, 4.69) is 20.8 Å². The van der Waals surface area contributed by atoms with Gasteiger partial charge in [0.1, 0.15) is 5.76 Å². The second-order valence-corrected chi connectivity index (χ2v) is 6.24. The van der Waals surface area contributed by atoms with E-state index in [1.165, 1.54) is 34.8 Å². The van der Waals surface area contributed by atoms with Crippen molar-refractivity contribution in [1.29, 1.82) is 0 Å². The summed E-state index contributed by atoms with van der Waals surface area (Å²) in [5.74, 6) is -0.192. The first-order chi connectivity index (χ1) is 13.8. The van der Waals surface area contributed by atoms with Crippen LogP contribution in [0.5, 0.6) is 0 Å². The molecule has 0 unspecified atom stereocenters. The van der Waals surface area contributed by atoms with Crippen molar-refractivity contribution in [3.05, 3.63) is 57.6 Å². The van der Waals surface area contributed by atoms with Gasteiger partial charge in [-0.05, 0) is 19.9 Å². The van der Waals surface area contributed by atoms with E-state index in [-0.39, 0.29) is 23.7 Å². The molecule has 0 atom stereocenters. The van der Waals surface area contributed by atoms with E-state index in [0.717, 1.165) is 0 Å². The van der Waals surface area contributed by atoms with Crippen LogP contribution in [0.15, 0.2) is 34.9 Å². The van der Waals surface area contributed by atoms with Gasteiger partial charge in [0.15, 0.2) is 11.5 Å². The number of hydrogen-bond acceptors (Lipinski definition) is 8. The third-order valence-electron chi connectivity index (χ3n) is 4.01.